The molecule has 3 aromatic carbocycles. The Labute approximate surface area is 194 Å². The van der Waals surface area contributed by atoms with Crippen LogP contribution in [0.5, 0.6) is 11.5 Å². The minimum absolute atomic E-state index is 0.00934. The Morgan fingerprint density at radius 1 is 1.00 bits per heavy atom. The van der Waals surface area contributed by atoms with Gasteiger partial charge in [0.2, 0.25) is 0 Å². The van der Waals surface area contributed by atoms with Crippen molar-refractivity contribution in [1.82, 2.24) is 0 Å². The SMILES string of the molecule is CCOc1ccc(N(C(=O)COc2ccc(Cl)cc2Br)S(=O)(=O)c2ccccc2)cc1. The average Bonchev–Trinajstić information content (AvgIpc) is 2.75. The third kappa shape index (κ3) is 5.58. The lowest BCUT2D eigenvalue weighted by atomic mass is 10.3. The Morgan fingerprint density at radius 3 is 2.29 bits per heavy atom. The van der Waals surface area contributed by atoms with Crippen molar-refractivity contribution in [1.29, 1.82) is 0 Å². The van der Waals surface area contributed by atoms with E-state index >= 15 is 0 Å². The average molecular weight is 525 g/mol. The monoisotopic (exact) mass is 523 g/mol. The van der Waals surface area contributed by atoms with Gasteiger partial charge in [-0.1, -0.05) is 29.8 Å². The molecule has 0 spiro atoms. The van der Waals surface area contributed by atoms with E-state index in [2.05, 4.69) is 15.9 Å². The minimum Gasteiger partial charge on any atom is -0.494 e. The third-order valence-electron chi connectivity index (χ3n) is 4.14. The molecule has 3 aromatic rings. The lowest BCUT2D eigenvalue weighted by molar-refractivity contribution is -0.119. The van der Waals surface area contributed by atoms with Crippen molar-refractivity contribution in [3.8, 4) is 11.5 Å². The summed E-state index contributed by atoms with van der Waals surface area (Å²) in [4.78, 5) is 13.1. The van der Waals surface area contributed by atoms with E-state index in [1.54, 1.807) is 48.5 Å². The molecule has 31 heavy (non-hydrogen) atoms. The van der Waals surface area contributed by atoms with E-state index in [4.69, 9.17) is 21.1 Å². The van der Waals surface area contributed by atoms with E-state index in [1.807, 2.05) is 6.92 Å². The molecule has 0 aliphatic rings. The van der Waals surface area contributed by atoms with Gasteiger partial charge in [0.25, 0.3) is 15.9 Å². The van der Waals surface area contributed by atoms with E-state index in [0.717, 1.165) is 4.31 Å². The van der Waals surface area contributed by atoms with Crippen LogP contribution in [0.1, 0.15) is 6.92 Å². The van der Waals surface area contributed by atoms with Crippen LogP contribution in [0.3, 0.4) is 0 Å². The number of hydrogen-bond donors (Lipinski definition) is 0. The molecule has 0 heterocycles. The molecule has 162 valence electrons. The van der Waals surface area contributed by atoms with Crippen LogP contribution in [-0.2, 0) is 14.8 Å². The first-order chi connectivity index (χ1) is 14.8. The summed E-state index contributed by atoms with van der Waals surface area (Å²) >= 11 is 9.23. The molecule has 0 aromatic heterocycles. The molecule has 0 saturated heterocycles. The number of sulfonamides is 1. The lowest BCUT2D eigenvalue weighted by Crippen LogP contribution is -2.40. The van der Waals surface area contributed by atoms with Crippen LogP contribution in [-0.4, -0.2) is 27.5 Å². The van der Waals surface area contributed by atoms with Crippen LogP contribution >= 0.6 is 27.5 Å². The molecule has 0 atom stereocenters. The second-order valence-electron chi connectivity index (χ2n) is 6.27. The molecule has 1 amide bonds. The maximum absolute atomic E-state index is 13.3. The maximum Gasteiger partial charge on any atom is 0.278 e. The van der Waals surface area contributed by atoms with E-state index in [9.17, 15) is 13.2 Å². The number of hydrogen-bond acceptors (Lipinski definition) is 5. The Hall–Kier alpha value is -2.55. The van der Waals surface area contributed by atoms with Crippen LogP contribution in [0.2, 0.25) is 5.02 Å². The Balaban J connectivity index is 1.94. The molecule has 0 unspecified atom stereocenters. The quantitative estimate of drug-likeness (QED) is 0.400. The van der Waals surface area contributed by atoms with Gasteiger partial charge in [-0.3, -0.25) is 4.79 Å². The van der Waals surface area contributed by atoms with E-state index in [-0.39, 0.29) is 10.6 Å². The normalized spacial score (nSPS) is 11.1. The number of ether oxygens (including phenoxy) is 2. The van der Waals surface area contributed by atoms with Crippen LogP contribution in [0, 0.1) is 0 Å². The molecule has 0 fully saturated rings. The minimum atomic E-state index is -4.17. The van der Waals surface area contributed by atoms with Gasteiger partial charge in [0.1, 0.15) is 11.5 Å². The van der Waals surface area contributed by atoms with E-state index < -0.39 is 22.5 Å². The molecule has 0 radical (unpaired) electrons. The van der Waals surface area contributed by atoms with Gasteiger partial charge in [-0.15, -0.1) is 0 Å². The van der Waals surface area contributed by atoms with Crippen molar-refractivity contribution >= 4 is 49.1 Å². The van der Waals surface area contributed by atoms with Crippen LogP contribution < -0.4 is 13.8 Å². The molecule has 0 aliphatic heterocycles. The number of rotatable bonds is 8. The summed E-state index contributed by atoms with van der Waals surface area (Å²) < 4.78 is 38.9. The second kappa shape index (κ2) is 10.2. The number of amides is 1. The van der Waals surface area contributed by atoms with E-state index in [0.29, 0.717) is 27.6 Å². The van der Waals surface area contributed by atoms with Gasteiger partial charge in [-0.2, -0.15) is 4.31 Å². The first-order valence-corrected chi connectivity index (χ1v) is 11.9. The fourth-order valence-corrected chi connectivity index (χ4v) is 4.98. The fraction of sp³-hybridized carbons (Fsp3) is 0.136. The molecule has 0 N–H and O–H groups in total. The smallest absolute Gasteiger partial charge is 0.278 e. The first-order valence-electron chi connectivity index (χ1n) is 9.27. The van der Waals surface area contributed by atoms with E-state index in [1.165, 1.54) is 24.3 Å². The van der Waals surface area contributed by atoms with Crippen LogP contribution in [0.25, 0.3) is 0 Å². The summed E-state index contributed by atoms with van der Waals surface area (Å²) in [6.45, 7) is 1.81. The number of carbonyl (C=O) groups excluding carboxylic acids is 1. The molecule has 9 heteroatoms. The van der Waals surface area contributed by atoms with Crippen molar-refractivity contribution in [2.75, 3.05) is 17.5 Å². The van der Waals surface area contributed by atoms with Gasteiger partial charge in [0, 0.05) is 5.02 Å². The number of carbonyl (C=O) groups is 1. The predicted octanol–water partition coefficient (Wildman–Crippen LogP) is 5.30. The van der Waals surface area contributed by atoms with Gasteiger partial charge < -0.3 is 9.47 Å². The van der Waals surface area contributed by atoms with Crippen molar-refractivity contribution in [2.24, 2.45) is 0 Å². The van der Waals surface area contributed by atoms with Crippen molar-refractivity contribution in [2.45, 2.75) is 11.8 Å². The number of halogens is 2. The summed E-state index contributed by atoms with van der Waals surface area (Å²) in [6.07, 6.45) is 0. The summed E-state index contributed by atoms with van der Waals surface area (Å²) in [7, 11) is -4.17. The second-order valence-corrected chi connectivity index (χ2v) is 9.34. The number of benzene rings is 3. The molecular formula is C22H19BrClNO5S. The highest BCUT2D eigenvalue weighted by Crippen LogP contribution is 2.29. The standard InChI is InChI=1S/C22H19BrClNO5S/c1-2-29-18-11-9-17(10-12-18)25(31(27,28)19-6-4-3-5-7-19)22(26)15-30-21-13-8-16(24)14-20(21)23/h3-14H,2,15H2,1H3. The molecule has 0 aliphatic carbocycles. The van der Waals surface area contributed by atoms with Gasteiger partial charge >= 0.3 is 0 Å². The molecule has 3 rings (SSSR count). The Kier molecular flexibility index (Phi) is 7.59. The summed E-state index contributed by atoms with van der Waals surface area (Å²) in [5, 5.41) is 0.494. The van der Waals surface area contributed by atoms with Gasteiger partial charge in [0.15, 0.2) is 6.61 Å². The highest BCUT2D eigenvalue weighted by atomic mass is 79.9. The highest BCUT2D eigenvalue weighted by Gasteiger charge is 2.31. The van der Waals surface area contributed by atoms with Crippen molar-refractivity contribution < 1.29 is 22.7 Å². The highest BCUT2D eigenvalue weighted by molar-refractivity contribution is 9.10. The molecule has 6 nitrogen and oxygen atoms in total. The predicted molar refractivity (Wildman–Crippen MR) is 123 cm³/mol. The van der Waals surface area contributed by atoms with Crippen molar-refractivity contribution in [3.63, 3.8) is 0 Å². The number of nitrogens with zero attached hydrogens (tertiary/aromatic N) is 1. The zero-order valence-corrected chi connectivity index (χ0v) is 19.7. The first kappa shape index (κ1) is 23.1. The third-order valence-corrected chi connectivity index (χ3v) is 6.75. The van der Waals surface area contributed by atoms with Crippen LogP contribution in [0.15, 0.2) is 82.2 Å². The fourth-order valence-electron chi connectivity index (χ4n) is 2.75. The van der Waals surface area contributed by atoms with Gasteiger partial charge in [0.05, 0.1) is 21.7 Å². The van der Waals surface area contributed by atoms with Crippen LogP contribution in [0.4, 0.5) is 5.69 Å². The van der Waals surface area contributed by atoms with Gasteiger partial charge in [-0.05, 0) is 77.5 Å². The lowest BCUT2D eigenvalue weighted by Gasteiger charge is -2.23. The Morgan fingerprint density at radius 2 is 1.68 bits per heavy atom. The topological polar surface area (TPSA) is 72.9 Å². The Bertz CT molecular complexity index is 1150. The zero-order valence-electron chi connectivity index (χ0n) is 16.5. The zero-order chi connectivity index (χ0) is 22.4. The molecule has 0 bridgehead atoms. The van der Waals surface area contributed by atoms with Crippen molar-refractivity contribution in [3.05, 3.63) is 82.3 Å². The van der Waals surface area contributed by atoms with Gasteiger partial charge in [-0.25, -0.2) is 8.42 Å². The number of anilines is 1. The summed E-state index contributed by atoms with van der Waals surface area (Å²) in [6, 6.07) is 18.8. The largest absolute Gasteiger partial charge is 0.494 e. The maximum atomic E-state index is 13.3. The molecule has 0 saturated carbocycles. The molecular weight excluding hydrogens is 506 g/mol. The summed E-state index contributed by atoms with van der Waals surface area (Å²) in [5.41, 5.74) is 0.177. The summed E-state index contributed by atoms with van der Waals surface area (Å²) in [5.74, 6) is 0.175.